The minimum Gasteiger partial charge on any atom is -0.469 e. The summed E-state index contributed by atoms with van der Waals surface area (Å²) in [6.07, 6.45) is 7.98. The normalized spacial score (nSPS) is 33.6. The topological polar surface area (TPSA) is 142 Å². The fraction of sp³-hybridized carbons (Fsp3) is 0.472. The Morgan fingerprint density at radius 2 is 1.89 bits per heavy atom. The lowest BCUT2D eigenvalue weighted by atomic mass is 9.82. The molecular weight excluding hydrogens is 584 g/mol. The molecule has 46 heavy (non-hydrogen) atoms. The second-order valence-corrected chi connectivity index (χ2v) is 13.2. The van der Waals surface area contributed by atoms with Crippen molar-refractivity contribution in [1.29, 1.82) is 0 Å². The maximum atomic E-state index is 14.2. The maximum Gasteiger partial charge on any atom is 0.321 e. The molecular formula is C36H44N4O6. The molecule has 0 spiro atoms. The number of aliphatic hydroxyl groups is 1. The van der Waals surface area contributed by atoms with E-state index in [9.17, 15) is 19.5 Å². The van der Waals surface area contributed by atoms with Crippen molar-refractivity contribution in [2.45, 2.75) is 78.0 Å². The van der Waals surface area contributed by atoms with Crippen LogP contribution in [0.1, 0.15) is 69.5 Å². The fourth-order valence-electron chi connectivity index (χ4n) is 8.15. The number of hydrogen-bond acceptors (Lipinski definition) is 9. The van der Waals surface area contributed by atoms with Crippen LogP contribution in [-0.2, 0) is 30.3 Å². The number of ketones is 1. The third-order valence-electron chi connectivity index (χ3n) is 10.8. The van der Waals surface area contributed by atoms with E-state index >= 15 is 0 Å². The minimum atomic E-state index is -1.70. The van der Waals surface area contributed by atoms with Gasteiger partial charge in [-0.2, -0.15) is 0 Å². The molecule has 5 aliphatic rings. The number of carbonyl (C=O) groups is 3. The van der Waals surface area contributed by atoms with Gasteiger partial charge < -0.3 is 35.5 Å². The first-order valence-electron chi connectivity index (χ1n) is 16.1. The van der Waals surface area contributed by atoms with Crippen LogP contribution in [0.5, 0.6) is 0 Å². The van der Waals surface area contributed by atoms with Crippen molar-refractivity contribution in [2.24, 2.45) is 17.8 Å². The van der Waals surface area contributed by atoms with Gasteiger partial charge in [-0.15, -0.1) is 0 Å². The summed E-state index contributed by atoms with van der Waals surface area (Å²) in [6.45, 7) is 14.1. The number of nitrogens with one attached hydrogen (secondary N) is 4. The largest absolute Gasteiger partial charge is 0.469 e. The van der Waals surface area contributed by atoms with E-state index in [-0.39, 0.29) is 41.9 Å². The lowest BCUT2D eigenvalue weighted by Gasteiger charge is -2.25. The molecule has 5 N–H and O–H groups in total. The van der Waals surface area contributed by atoms with E-state index in [0.29, 0.717) is 29.8 Å². The Hall–Kier alpha value is -4.31. The lowest BCUT2D eigenvalue weighted by Crippen LogP contribution is -2.38. The molecule has 1 fully saturated rings. The number of aromatic nitrogens is 1. The van der Waals surface area contributed by atoms with E-state index < -0.39 is 23.3 Å². The summed E-state index contributed by atoms with van der Waals surface area (Å²) in [5.74, 6) is -2.92. The van der Waals surface area contributed by atoms with Crippen LogP contribution in [-0.4, -0.2) is 59.7 Å². The summed E-state index contributed by atoms with van der Waals surface area (Å²) in [6, 6.07) is -0.0530. The molecule has 1 aromatic rings. The van der Waals surface area contributed by atoms with E-state index in [1.165, 1.54) is 19.8 Å². The van der Waals surface area contributed by atoms with Crippen molar-refractivity contribution in [3.63, 3.8) is 0 Å². The molecule has 0 radical (unpaired) electrons. The van der Waals surface area contributed by atoms with Crippen LogP contribution in [0.4, 0.5) is 0 Å². The zero-order chi connectivity index (χ0) is 33.2. The Balaban J connectivity index is 1.61. The summed E-state index contributed by atoms with van der Waals surface area (Å²) in [7, 11) is 2.63. The highest BCUT2D eigenvalue weighted by atomic mass is 16.5. The second kappa shape index (κ2) is 11.5. The van der Waals surface area contributed by atoms with Crippen LogP contribution in [0.25, 0.3) is 12.2 Å². The number of allylic oxidation sites excluding steroid dienone is 3. The number of methoxy groups -OCH3 is 2. The molecule has 4 aliphatic heterocycles. The molecule has 0 aromatic carbocycles. The molecule has 2 unspecified atom stereocenters. The first-order valence-corrected chi connectivity index (χ1v) is 16.1. The highest BCUT2D eigenvalue weighted by Gasteiger charge is 2.57. The van der Waals surface area contributed by atoms with Crippen molar-refractivity contribution in [2.75, 3.05) is 14.2 Å². The average Bonchev–Trinajstić information content (AvgIpc) is 3.75. The number of hydrogen-bond donors (Lipinski definition) is 5. The predicted octanol–water partition coefficient (Wildman–Crippen LogP) is 3.86. The highest BCUT2D eigenvalue weighted by molar-refractivity contribution is 6.17. The highest BCUT2D eigenvalue weighted by Crippen LogP contribution is 2.50. The number of rotatable bonds is 6. The molecule has 6 atom stereocenters. The number of H-pyrrole nitrogens is 1. The summed E-state index contributed by atoms with van der Waals surface area (Å²) in [5.41, 5.74) is 7.69. The van der Waals surface area contributed by atoms with Crippen LogP contribution < -0.4 is 16.0 Å². The van der Waals surface area contributed by atoms with Crippen molar-refractivity contribution in [3.05, 3.63) is 80.3 Å². The van der Waals surface area contributed by atoms with Crippen LogP contribution in [0, 0.1) is 24.7 Å². The number of esters is 2. The zero-order valence-corrected chi connectivity index (χ0v) is 27.6. The average molecular weight is 629 g/mol. The molecule has 10 heteroatoms. The minimum absolute atomic E-state index is 0.00586. The molecule has 0 saturated carbocycles. The standard InChI is InChI=1S/C36H44N4O6/c1-9-19-16(3)22-13-24-18(5)21(11-12-28(41)45-7)32(39-24)29-30(35(43)46-8)34(42)31-33(29)40-27(36(31,6)44)15-26-20(10-2)17(4)23(38-26)14-25(19)37-22/h9,14-15,18,21-22,24,30,37-40,44H,1,10-13H2,2-8H3/b25-14-,27-15-,32-29-/t18-,21-,22?,24?,30+,36+/m0/s1. The van der Waals surface area contributed by atoms with Gasteiger partial charge in [0.15, 0.2) is 5.78 Å². The summed E-state index contributed by atoms with van der Waals surface area (Å²) in [5, 5.41) is 22.9. The van der Waals surface area contributed by atoms with Gasteiger partial charge in [0.25, 0.3) is 0 Å². The lowest BCUT2D eigenvalue weighted by molar-refractivity contribution is -0.147. The Morgan fingerprint density at radius 1 is 1.15 bits per heavy atom. The van der Waals surface area contributed by atoms with Gasteiger partial charge in [0.05, 0.1) is 31.2 Å². The predicted molar refractivity (Wildman–Crippen MR) is 174 cm³/mol. The number of fused-ring (bicyclic) bond motifs is 7. The molecule has 6 rings (SSSR count). The van der Waals surface area contributed by atoms with Gasteiger partial charge in [0, 0.05) is 52.8 Å². The monoisotopic (exact) mass is 628 g/mol. The SMILES string of the molecule is C=CC1=C(C)C2CC3N/C(=C4\C5=C(C(=O)[C@@H]4C(=O)OC)[C@](C)(O)/C(=C/c4[nH]c(c(C)c4CC)/C=C/1N2)N5)[C@@H](CCC(=O)OC)[C@@H]3C. The number of Topliss-reactive ketones (excluding diaryl/α,β-unsaturated/α-hetero) is 1. The first-order chi connectivity index (χ1) is 21.9. The van der Waals surface area contributed by atoms with Gasteiger partial charge in [-0.25, -0.2) is 0 Å². The number of carbonyl (C=O) groups excluding carboxylic acids is 3. The molecule has 1 saturated heterocycles. The van der Waals surface area contributed by atoms with E-state index in [1.807, 2.05) is 12.2 Å². The third-order valence-corrected chi connectivity index (χ3v) is 10.8. The second-order valence-electron chi connectivity index (χ2n) is 13.2. The van der Waals surface area contributed by atoms with Crippen LogP contribution in [0.3, 0.4) is 0 Å². The van der Waals surface area contributed by atoms with Crippen molar-refractivity contribution in [3.8, 4) is 0 Å². The molecule has 0 amide bonds. The molecule has 244 valence electrons. The van der Waals surface area contributed by atoms with Gasteiger partial charge in [-0.05, 0) is 80.4 Å². The number of ether oxygens (including phenoxy) is 2. The van der Waals surface area contributed by atoms with Crippen LogP contribution >= 0.6 is 0 Å². The van der Waals surface area contributed by atoms with Crippen molar-refractivity contribution < 1.29 is 29.0 Å². The van der Waals surface area contributed by atoms with Crippen LogP contribution in [0.2, 0.25) is 0 Å². The van der Waals surface area contributed by atoms with Crippen molar-refractivity contribution >= 4 is 29.9 Å². The quantitative estimate of drug-likeness (QED) is 0.235. The van der Waals surface area contributed by atoms with E-state index in [2.05, 4.69) is 61.3 Å². The Bertz CT molecular complexity index is 1720. The molecule has 10 nitrogen and oxygen atoms in total. The molecule has 8 bridgehead atoms. The van der Waals surface area contributed by atoms with Gasteiger partial charge in [-0.3, -0.25) is 14.4 Å². The molecule has 1 aliphatic carbocycles. The smallest absolute Gasteiger partial charge is 0.321 e. The zero-order valence-electron chi connectivity index (χ0n) is 27.6. The van der Waals surface area contributed by atoms with Gasteiger partial charge in [-0.1, -0.05) is 26.5 Å². The summed E-state index contributed by atoms with van der Waals surface area (Å²) in [4.78, 5) is 43.4. The summed E-state index contributed by atoms with van der Waals surface area (Å²) < 4.78 is 10.1. The van der Waals surface area contributed by atoms with Gasteiger partial charge in [0.2, 0.25) is 0 Å². The van der Waals surface area contributed by atoms with Gasteiger partial charge in [0.1, 0.15) is 11.5 Å². The Morgan fingerprint density at radius 3 is 2.54 bits per heavy atom. The number of aromatic amines is 1. The summed E-state index contributed by atoms with van der Waals surface area (Å²) >= 11 is 0. The third kappa shape index (κ3) is 4.68. The van der Waals surface area contributed by atoms with Crippen LogP contribution in [0.15, 0.2) is 57.7 Å². The fourth-order valence-corrected chi connectivity index (χ4v) is 8.15. The van der Waals surface area contributed by atoms with E-state index in [4.69, 9.17) is 9.47 Å². The maximum absolute atomic E-state index is 14.2. The van der Waals surface area contributed by atoms with Gasteiger partial charge >= 0.3 is 11.9 Å². The first kappa shape index (κ1) is 31.7. The van der Waals surface area contributed by atoms with E-state index in [1.54, 1.807) is 6.92 Å². The van der Waals surface area contributed by atoms with E-state index in [0.717, 1.165) is 45.9 Å². The van der Waals surface area contributed by atoms with Crippen molar-refractivity contribution in [1.82, 2.24) is 20.9 Å². The Labute approximate surface area is 269 Å². The molecule has 1 aromatic heterocycles. The molecule has 5 heterocycles. The Kier molecular flexibility index (Phi) is 7.91.